The molecule has 110 valence electrons. The molecule has 1 aromatic carbocycles. The molecule has 0 radical (unpaired) electrons. The molecule has 0 aromatic heterocycles. The molecule has 1 saturated heterocycles. The first-order valence-electron chi connectivity index (χ1n) is 7.20. The lowest BCUT2D eigenvalue weighted by Crippen LogP contribution is -2.31. The first kappa shape index (κ1) is 14.7. The van der Waals surface area contributed by atoms with Crippen LogP contribution in [0.2, 0.25) is 0 Å². The fraction of sp³-hybridized carbons (Fsp3) is 0.533. The molecular formula is C15H23N3O2. The normalized spacial score (nSPS) is 15.8. The van der Waals surface area contributed by atoms with Crippen molar-refractivity contribution in [2.24, 2.45) is 11.7 Å². The van der Waals surface area contributed by atoms with Gasteiger partial charge in [-0.1, -0.05) is 0 Å². The van der Waals surface area contributed by atoms with Crippen LogP contribution in [0.25, 0.3) is 0 Å². The molecule has 0 saturated carbocycles. The molecule has 0 unspecified atom stereocenters. The van der Waals surface area contributed by atoms with Crippen LogP contribution < -0.4 is 21.1 Å². The smallest absolute Gasteiger partial charge is 0.220 e. The van der Waals surface area contributed by atoms with Crippen molar-refractivity contribution >= 4 is 11.6 Å². The van der Waals surface area contributed by atoms with Crippen LogP contribution in [0.5, 0.6) is 5.75 Å². The molecule has 2 rings (SSSR count). The van der Waals surface area contributed by atoms with Crippen molar-refractivity contribution in [1.29, 1.82) is 0 Å². The third-order valence-corrected chi connectivity index (χ3v) is 3.53. The van der Waals surface area contributed by atoms with Crippen LogP contribution in [0.1, 0.15) is 19.3 Å². The van der Waals surface area contributed by atoms with Crippen LogP contribution in [-0.4, -0.2) is 32.1 Å². The van der Waals surface area contributed by atoms with Gasteiger partial charge in [0.1, 0.15) is 5.75 Å². The molecule has 1 fully saturated rings. The van der Waals surface area contributed by atoms with Crippen molar-refractivity contribution in [2.45, 2.75) is 19.3 Å². The maximum atomic E-state index is 10.6. The molecule has 1 aliphatic rings. The lowest BCUT2D eigenvalue weighted by atomic mass is 9.98. The minimum absolute atomic E-state index is 0.246. The first-order valence-corrected chi connectivity index (χ1v) is 7.20. The Bertz CT molecular complexity index is 414. The van der Waals surface area contributed by atoms with E-state index in [-0.39, 0.29) is 12.3 Å². The standard InChI is InChI=1S/C15H23N3O2/c16-15(19)7-10-20-14-3-1-13(2-4-14)18-11-12-5-8-17-9-6-12/h1-4,12,17-18H,5-11H2,(H2,16,19). The molecule has 20 heavy (non-hydrogen) atoms. The van der Waals surface area contributed by atoms with Crippen molar-refractivity contribution in [2.75, 3.05) is 31.6 Å². The Balaban J connectivity index is 1.71. The van der Waals surface area contributed by atoms with Gasteiger partial charge in [-0.25, -0.2) is 0 Å². The highest BCUT2D eigenvalue weighted by atomic mass is 16.5. The van der Waals surface area contributed by atoms with Crippen LogP contribution >= 0.6 is 0 Å². The Labute approximate surface area is 119 Å². The summed E-state index contributed by atoms with van der Waals surface area (Å²) in [5.74, 6) is 1.17. The van der Waals surface area contributed by atoms with Crippen LogP contribution in [0, 0.1) is 5.92 Å². The minimum Gasteiger partial charge on any atom is -0.493 e. The van der Waals surface area contributed by atoms with Crippen LogP contribution in [-0.2, 0) is 4.79 Å². The van der Waals surface area contributed by atoms with Gasteiger partial charge in [0.2, 0.25) is 5.91 Å². The summed E-state index contributed by atoms with van der Waals surface area (Å²) in [4.78, 5) is 10.6. The number of hydrogen-bond acceptors (Lipinski definition) is 4. The van der Waals surface area contributed by atoms with E-state index in [4.69, 9.17) is 10.5 Å². The van der Waals surface area contributed by atoms with Gasteiger partial charge in [-0.05, 0) is 56.1 Å². The number of benzene rings is 1. The van der Waals surface area contributed by atoms with E-state index in [0.29, 0.717) is 6.61 Å². The molecule has 5 heteroatoms. The third kappa shape index (κ3) is 5.09. The SMILES string of the molecule is NC(=O)CCOc1ccc(NCC2CCNCC2)cc1. The molecule has 1 amide bonds. The Kier molecular flexibility index (Phi) is 5.68. The van der Waals surface area contributed by atoms with Crippen molar-refractivity contribution in [1.82, 2.24) is 5.32 Å². The number of anilines is 1. The average Bonchev–Trinajstić information content (AvgIpc) is 2.47. The fourth-order valence-electron chi connectivity index (χ4n) is 2.29. The summed E-state index contributed by atoms with van der Waals surface area (Å²) in [7, 11) is 0. The minimum atomic E-state index is -0.342. The molecule has 0 aliphatic carbocycles. The van der Waals surface area contributed by atoms with Crippen molar-refractivity contribution < 1.29 is 9.53 Å². The lowest BCUT2D eigenvalue weighted by Gasteiger charge is -2.23. The van der Waals surface area contributed by atoms with Gasteiger partial charge in [-0.15, -0.1) is 0 Å². The van der Waals surface area contributed by atoms with Crippen LogP contribution in [0.15, 0.2) is 24.3 Å². The number of hydrogen-bond donors (Lipinski definition) is 3. The Morgan fingerprint density at radius 3 is 2.65 bits per heavy atom. The second kappa shape index (κ2) is 7.75. The average molecular weight is 277 g/mol. The first-order chi connectivity index (χ1) is 9.74. The van der Waals surface area contributed by atoms with E-state index in [0.717, 1.165) is 37.0 Å². The molecule has 0 atom stereocenters. The van der Waals surface area contributed by atoms with Gasteiger partial charge >= 0.3 is 0 Å². The topological polar surface area (TPSA) is 76.4 Å². The Morgan fingerprint density at radius 1 is 1.30 bits per heavy atom. The number of ether oxygens (including phenoxy) is 1. The number of rotatable bonds is 7. The second-order valence-corrected chi connectivity index (χ2v) is 5.16. The highest BCUT2D eigenvalue weighted by molar-refractivity contribution is 5.73. The number of carbonyl (C=O) groups is 1. The van der Waals surface area contributed by atoms with Crippen molar-refractivity contribution in [3.8, 4) is 5.75 Å². The molecule has 4 N–H and O–H groups in total. The van der Waals surface area contributed by atoms with E-state index in [1.165, 1.54) is 12.8 Å². The summed E-state index contributed by atoms with van der Waals surface area (Å²) in [6, 6.07) is 7.82. The van der Waals surface area contributed by atoms with E-state index in [9.17, 15) is 4.79 Å². The molecular weight excluding hydrogens is 254 g/mol. The third-order valence-electron chi connectivity index (χ3n) is 3.53. The molecule has 1 aliphatic heterocycles. The summed E-state index contributed by atoms with van der Waals surface area (Å²) in [5.41, 5.74) is 6.16. The van der Waals surface area contributed by atoms with E-state index >= 15 is 0 Å². The van der Waals surface area contributed by atoms with E-state index in [1.54, 1.807) is 0 Å². The number of primary amides is 1. The summed E-state index contributed by atoms with van der Waals surface area (Å²) < 4.78 is 5.43. The monoisotopic (exact) mass is 277 g/mol. The van der Waals surface area contributed by atoms with Gasteiger partial charge in [0.25, 0.3) is 0 Å². The van der Waals surface area contributed by atoms with E-state index < -0.39 is 0 Å². The van der Waals surface area contributed by atoms with Gasteiger partial charge < -0.3 is 21.1 Å². The number of amides is 1. The molecule has 0 bridgehead atoms. The fourth-order valence-corrected chi connectivity index (χ4v) is 2.29. The number of nitrogens with one attached hydrogen (secondary N) is 2. The predicted octanol–water partition coefficient (Wildman–Crippen LogP) is 1.35. The van der Waals surface area contributed by atoms with Gasteiger partial charge in [-0.2, -0.15) is 0 Å². The highest BCUT2D eigenvalue weighted by Crippen LogP contribution is 2.18. The van der Waals surface area contributed by atoms with Gasteiger partial charge in [0.15, 0.2) is 0 Å². The summed E-state index contributed by atoms with van der Waals surface area (Å²) >= 11 is 0. The molecule has 1 heterocycles. The zero-order chi connectivity index (χ0) is 14.2. The quantitative estimate of drug-likeness (QED) is 0.703. The zero-order valence-corrected chi connectivity index (χ0v) is 11.7. The number of carbonyl (C=O) groups excluding carboxylic acids is 1. The number of nitrogens with two attached hydrogens (primary N) is 1. The summed E-state index contributed by atoms with van der Waals surface area (Å²) in [6.45, 7) is 3.60. The highest BCUT2D eigenvalue weighted by Gasteiger charge is 2.12. The zero-order valence-electron chi connectivity index (χ0n) is 11.7. The van der Waals surface area contributed by atoms with Crippen LogP contribution in [0.4, 0.5) is 5.69 Å². The predicted molar refractivity (Wildman–Crippen MR) is 79.8 cm³/mol. The summed E-state index contributed by atoms with van der Waals surface area (Å²) in [6.07, 6.45) is 2.72. The number of piperidine rings is 1. The molecule has 1 aromatic rings. The summed E-state index contributed by atoms with van der Waals surface area (Å²) in [5, 5.41) is 6.83. The van der Waals surface area contributed by atoms with Gasteiger partial charge in [-0.3, -0.25) is 4.79 Å². The van der Waals surface area contributed by atoms with E-state index in [1.807, 2.05) is 24.3 Å². The second-order valence-electron chi connectivity index (χ2n) is 5.16. The largest absolute Gasteiger partial charge is 0.493 e. The van der Waals surface area contributed by atoms with Crippen molar-refractivity contribution in [3.63, 3.8) is 0 Å². The molecule has 0 spiro atoms. The van der Waals surface area contributed by atoms with Gasteiger partial charge in [0.05, 0.1) is 13.0 Å². The molecule has 5 nitrogen and oxygen atoms in total. The van der Waals surface area contributed by atoms with Crippen molar-refractivity contribution in [3.05, 3.63) is 24.3 Å². The lowest BCUT2D eigenvalue weighted by molar-refractivity contribution is -0.118. The Hall–Kier alpha value is -1.75. The van der Waals surface area contributed by atoms with Crippen LogP contribution in [0.3, 0.4) is 0 Å². The Morgan fingerprint density at radius 2 is 2.00 bits per heavy atom. The maximum absolute atomic E-state index is 10.6. The van der Waals surface area contributed by atoms with Gasteiger partial charge in [0, 0.05) is 12.2 Å². The van der Waals surface area contributed by atoms with E-state index in [2.05, 4.69) is 10.6 Å². The maximum Gasteiger partial charge on any atom is 0.220 e.